The highest BCUT2D eigenvalue weighted by molar-refractivity contribution is 5.90. The van der Waals surface area contributed by atoms with E-state index in [-0.39, 0.29) is 24.2 Å². The Bertz CT molecular complexity index is 677. The Hall–Kier alpha value is -2.37. The van der Waals surface area contributed by atoms with Crippen LogP contribution in [0.2, 0.25) is 0 Å². The number of nitrogens with one attached hydrogen (secondary N) is 1. The summed E-state index contributed by atoms with van der Waals surface area (Å²) in [5, 5.41) is 2.96. The van der Waals surface area contributed by atoms with E-state index in [4.69, 9.17) is 4.74 Å². The first-order chi connectivity index (χ1) is 11.1. The van der Waals surface area contributed by atoms with Gasteiger partial charge in [0.15, 0.2) is 12.3 Å². The topological polar surface area (TPSA) is 72.7 Å². The molecule has 0 aromatic carbocycles. The highest BCUT2D eigenvalue weighted by Gasteiger charge is 2.23. The van der Waals surface area contributed by atoms with Gasteiger partial charge in [-0.15, -0.1) is 0 Å². The molecule has 122 valence electrons. The zero-order valence-electron chi connectivity index (χ0n) is 13.2. The number of carbonyl (C=O) groups is 2. The average Bonchev–Trinajstić information content (AvgIpc) is 2.99. The van der Waals surface area contributed by atoms with Gasteiger partial charge in [0.2, 0.25) is 0 Å². The Kier molecular flexibility index (Phi) is 4.60. The van der Waals surface area contributed by atoms with Crippen molar-refractivity contribution in [3.63, 3.8) is 0 Å². The van der Waals surface area contributed by atoms with Crippen LogP contribution in [0.5, 0.6) is 0 Å². The summed E-state index contributed by atoms with van der Waals surface area (Å²) in [5.41, 5.74) is 0.870. The molecular formula is C17H21N3O3. The van der Waals surface area contributed by atoms with E-state index in [2.05, 4.69) is 17.2 Å². The van der Waals surface area contributed by atoms with E-state index in [1.54, 1.807) is 22.9 Å². The van der Waals surface area contributed by atoms with Gasteiger partial charge in [0.05, 0.1) is 0 Å². The molecule has 6 heteroatoms. The quantitative estimate of drug-likeness (QED) is 0.878. The Morgan fingerprint density at radius 1 is 1.35 bits per heavy atom. The fraction of sp³-hybridized carbons (Fsp3) is 0.471. The lowest BCUT2D eigenvalue weighted by Gasteiger charge is -2.29. The molecule has 0 saturated heterocycles. The number of imidazole rings is 1. The fourth-order valence-electron chi connectivity index (χ4n) is 3.02. The highest BCUT2D eigenvalue weighted by atomic mass is 16.5. The van der Waals surface area contributed by atoms with Crippen molar-refractivity contribution in [2.45, 2.75) is 38.6 Å². The molecule has 2 aromatic heterocycles. The summed E-state index contributed by atoms with van der Waals surface area (Å²) in [6.07, 6.45) is 7.88. The van der Waals surface area contributed by atoms with Gasteiger partial charge in [-0.25, -0.2) is 9.78 Å². The van der Waals surface area contributed by atoms with Crippen LogP contribution in [0.15, 0.2) is 30.6 Å². The first-order valence-electron chi connectivity index (χ1n) is 8.04. The van der Waals surface area contributed by atoms with Crippen molar-refractivity contribution < 1.29 is 14.3 Å². The molecule has 2 heterocycles. The Morgan fingerprint density at radius 2 is 2.17 bits per heavy atom. The van der Waals surface area contributed by atoms with Crippen molar-refractivity contribution in [1.29, 1.82) is 0 Å². The average molecular weight is 315 g/mol. The van der Waals surface area contributed by atoms with Gasteiger partial charge in [-0.3, -0.25) is 4.79 Å². The molecular weight excluding hydrogens is 294 g/mol. The van der Waals surface area contributed by atoms with Crippen LogP contribution in [0.25, 0.3) is 5.65 Å². The van der Waals surface area contributed by atoms with Crippen LogP contribution in [0.4, 0.5) is 0 Å². The SMILES string of the molecule is C[C@@H]1CCCC[C@H]1NC(=O)COC(=O)c1cn2ccccc2n1. The maximum atomic E-state index is 12.0. The molecule has 0 spiro atoms. The van der Waals surface area contributed by atoms with E-state index < -0.39 is 5.97 Å². The molecule has 0 bridgehead atoms. The van der Waals surface area contributed by atoms with Crippen molar-refractivity contribution in [2.75, 3.05) is 6.61 Å². The zero-order valence-corrected chi connectivity index (χ0v) is 13.2. The molecule has 0 unspecified atom stereocenters. The predicted octanol–water partition coefficient (Wildman–Crippen LogP) is 2.19. The van der Waals surface area contributed by atoms with Crippen molar-refractivity contribution in [1.82, 2.24) is 14.7 Å². The molecule has 1 amide bonds. The van der Waals surface area contributed by atoms with Crippen LogP contribution >= 0.6 is 0 Å². The summed E-state index contributed by atoms with van der Waals surface area (Å²) in [7, 11) is 0. The van der Waals surface area contributed by atoms with Crippen molar-refractivity contribution in [2.24, 2.45) is 5.92 Å². The monoisotopic (exact) mass is 315 g/mol. The minimum atomic E-state index is -0.583. The standard InChI is InChI=1S/C17H21N3O3/c1-12-6-2-3-7-13(12)19-16(21)11-23-17(22)14-10-20-9-5-4-8-15(20)18-14/h4-5,8-10,12-13H,2-3,6-7,11H2,1H3,(H,19,21)/t12-,13-/m1/s1. The normalized spacial score (nSPS) is 21.1. The minimum absolute atomic E-state index is 0.185. The third kappa shape index (κ3) is 3.70. The lowest BCUT2D eigenvalue weighted by molar-refractivity contribution is -0.125. The molecule has 6 nitrogen and oxygen atoms in total. The Labute approximate surface area is 134 Å². The third-order valence-electron chi connectivity index (χ3n) is 4.37. The van der Waals surface area contributed by atoms with Crippen molar-refractivity contribution in [3.05, 3.63) is 36.3 Å². The maximum Gasteiger partial charge on any atom is 0.359 e. The summed E-state index contributed by atoms with van der Waals surface area (Å²) >= 11 is 0. The molecule has 23 heavy (non-hydrogen) atoms. The van der Waals surface area contributed by atoms with Crippen molar-refractivity contribution >= 4 is 17.5 Å². The lowest BCUT2D eigenvalue weighted by Crippen LogP contribution is -2.42. The van der Waals surface area contributed by atoms with Crippen molar-refractivity contribution in [3.8, 4) is 0 Å². The number of carbonyl (C=O) groups excluding carboxylic acids is 2. The van der Waals surface area contributed by atoms with Gasteiger partial charge in [-0.1, -0.05) is 25.8 Å². The number of pyridine rings is 1. The summed E-state index contributed by atoms with van der Waals surface area (Å²) in [6, 6.07) is 5.68. The molecule has 3 rings (SSSR count). The second-order valence-corrected chi connectivity index (χ2v) is 6.10. The van der Waals surface area contributed by atoms with E-state index in [1.807, 2.05) is 12.1 Å². The van der Waals surface area contributed by atoms with Gasteiger partial charge in [0.25, 0.3) is 5.91 Å². The van der Waals surface area contributed by atoms with Crippen LogP contribution in [0, 0.1) is 5.92 Å². The van der Waals surface area contributed by atoms with E-state index >= 15 is 0 Å². The van der Waals surface area contributed by atoms with E-state index in [0.29, 0.717) is 11.6 Å². The van der Waals surface area contributed by atoms with Gasteiger partial charge in [0.1, 0.15) is 5.65 Å². The number of ether oxygens (including phenoxy) is 1. The number of hydrogen-bond acceptors (Lipinski definition) is 4. The molecule has 2 atom stereocenters. The summed E-state index contributed by atoms with van der Waals surface area (Å²) in [5.74, 6) is -0.358. The first kappa shape index (κ1) is 15.5. The number of fused-ring (bicyclic) bond motifs is 1. The molecule has 1 N–H and O–H groups in total. The van der Waals surface area contributed by atoms with Crippen LogP contribution in [-0.4, -0.2) is 33.9 Å². The van der Waals surface area contributed by atoms with Crippen LogP contribution in [-0.2, 0) is 9.53 Å². The third-order valence-corrected chi connectivity index (χ3v) is 4.37. The molecule has 2 aromatic rings. The van der Waals surface area contributed by atoms with Crippen LogP contribution < -0.4 is 5.32 Å². The lowest BCUT2D eigenvalue weighted by atomic mass is 9.86. The summed E-state index contributed by atoms with van der Waals surface area (Å²) in [6.45, 7) is 1.88. The first-order valence-corrected chi connectivity index (χ1v) is 8.04. The van der Waals surface area contributed by atoms with Gasteiger partial charge >= 0.3 is 5.97 Å². The van der Waals surface area contributed by atoms with E-state index in [0.717, 1.165) is 19.3 Å². The van der Waals surface area contributed by atoms with Crippen LogP contribution in [0.1, 0.15) is 43.1 Å². The number of esters is 1. The van der Waals surface area contributed by atoms with Gasteiger partial charge in [-0.2, -0.15) is 0 Å². The molecule has 1 fully saturated rings. The number of aromatic nitrogens is 2. The van der Waals surface area contributed by atoms with Gasteiger partial charge in [-0.05, 0) is 30.9 Å². The second-order valence-electron chi connectivity index (χ2n) is 6.10. The highest BCUT2D eigenvalue weighted by Crippen LogP contribution is 2.23. The minimum Gasteiger partial charge on any atom is -0.451 e. The number of nitrogens with zero attached hydrogens (tertiary/aromatic N) is 2. The molecule has 0 aliphatic heterocycles. The fourth-order valence-corrected chi connectivity index (χ4v) is 3.02. The summed E-state index contributed by atoms with van der Waals surface area (Å²) < 4.78 is 6.81. The predicted molar refractivity (Wildman–Crippen MR) is 85.0 cm³/mol. The second kappa shape index (κ2) is 6.81. The largest absolute Gasteiger partial charge is 0.451 e. The molecule has 1 saturated carbocycles. The summed E-state index contributed by atoms with van der Waals surface area (Å²) in [4.78, 5) is 28.1. The van der Waals surface area contributed by atoms with E-state index in [9.17, 15) is 9.59 Å². The molecule has 1 aliphatic carbocycles. The Morgan fingerprint density at radius 3 is 2.96 bits per heavy atom. The van der Waals surface area contributed by atoms with E-state index in [1.165, 1.54) is 6.42 Å². The molecule has 1 aliphatic rings. The Balaban J connectivity index is 1.52. The van der Waals surface area contributed by atoms with Gasteiger partial charge in [0, 0.05) is 18.4 Å². The van der Waals surface area contributed by atoms with Gasteiger partial charge < -0.3 is 14.5 Å². The number of amides is 1. The number of rotatable bonds is 4. The zero-order chi connectivity index (χ0) is 16.2. The maximum absolute atomic E-state index is 12.0. The molecule has 0 radical (unpaired) electrons. The van der Waals surface area contributed by atoms with Crippen LogP contribution in [0.3, 0.4) is 0 Å². The number of hydrogen-bond donors (Lipinski definition) is 1. The smallest absolute Gasteiger partial charge is 0.359 e.